The van der Waals surface area contributed by atoms with Crippen molar-refractivity contribution in [2.24, 2.45) is 0 Å². The summed E-state index contributed by atoms with van der Waals surface area (Å²) in [6.45, 7) is 0.479. The molecule has 1 amide bonds. The molecule has 1 aliphatic carbocycles. The van der Waals surface area contributed by atoms with Crippen molar-refractivity contribution in [2.45, 2.75) is 55.6 Å². The molecule has 5 rings (SSSR count). The highest BCUT2D eigenvalue weighted by molar-refractivity contribution is 7.91. The molecule has 2 heterocycles. The number of carbonyl (C=O) groups excluding carboxylic acids is 1. The second-order valence-electron chi connectivity index (χ2n) is 9.03. The van der Waals surface area contributed by atoms with Crippen LogP contribution in [0.2, 0.25) is 0 Å². The quantitative estimate of drug-likeness (QED) is 0.735. The summed E-state index contributed by atoms with van der Waals surface area (Å²) in [5, 5.41) is -2.20. The number of carbonyl (C=O) groups is 1. The van der Waals surface area contributed by atoms with Gasteiger partial charge in [-0.2, -0.15) is 0 Å². The van der Waals surface area contributed by atoms with E-state index in [1.165, 1.54) is 6.07 Å². The Bertz CT molecular complexity index is 1180. The van der Waals surface area contributed by atoms with Gasteiger partial charge >= 0.3 is 0 Å². The molecule has 1 N–H and O–H groups in total. The fraction of sp³-hybridized carbons (Fsp3) is 0.458. The maximum Gasteiger partial charge on any atom is 0.247 e. The number of para-hydroxylation sites is 1. The predicted molar refractivity (Wildman–Crippen MR) is 119 cm³/mol. The first-order valence-electron chi connectivity index (χ1n) is 11.3. The average Bonchev–Trinajstić information content (AvgIpc) is 3.54. The van der Waals surface area contributed by atoms with Crippen LogP contribution < -0.4 is 9.46 Å². The molecule has 2 aliphatic heterocycles. The largest absolute Gasteiger partial charge is 0.489 e. The van der Waals surface area contributed by atoms with Crippen molar-refractivity contribution in [1.82, 2.24) is 9.62 Å². The zero-order valence-corrected chi connectivity index (χ0v) is 18.9. The highest BCUT2D eigenvalue weighted by atomic mass is 32.2. The number of sulfonamides is 1. The van der Waals surface area contributed by atoms with Crippen LogP contribution in [0.25, 0.3) is 11.1 Å². The Morgan fingerprint density at radius 2 is 1.94 bits per heavy atom. The number of amides is 1. The van der Waals surface area contributed by atoms with Crippen LogP contribution in [0.4, 0.5) is 8.78 Å². The van der Waals surface area contributed by atoms with Gasteiger partial charge in [-0.1, -0.05) is 36.4 Å². The van der Waals surface area contributed by atoms with Crippen LogP contribution in [0.15, 0.2) is 42.5 Å². The van der Waals surface area contributed by atoms with Gasteiger partial charge in [-0.25, -0.2) is 21.9 Å². The second kappa shape index (κ2) is 8.36. The number of piperidine rings is 1. The number of fused-ring (bicyclic) bond motifs is 5. The van der Waals surface area contributed by atoms with Crippen LogP contribution in [0.5, 0.6) is 5.75 Å². The number of hydrogen-bond donors (Lipinski definition) is 1. The Morgan fingerprint density at radius 3 is 2.73 bits per heavy atom. The van der Waals surface area contributed by atoms with Crippen molar-refractivity contribution < 1.29 is 26.7 Å². The molecule has 0 radical (unpaired) electrons. The average molecular weight is 477 g/mol. The van der Waals surface area contributed by atoms with E-state index in [1.807, 2.05) is 24.3 Å². The van der Waals surface area contributed by atoms with Crippen molar-refractivity contribution >= 4 is 15.9 Å². The van der Waals surface area contributed by atoms with E-state index in [9.17, 15) is 22.0 Å². The number of nitrogens with one attached hydrogen (secondary N) is 1. The van der Waals surface area contributed by atoms with Crippen molar-refractivity contribution in [3.63, 3.8) is 0 Å². The van der Waals surface area contributed by atoms with E-state index in [0.29, 0.717) is 31.4 Å². The summed E-state index contributed by atoms with van der Waals surface area (Å²) in [4.78, 5) is 14.8. The molecule has 1 saturated carbocycles. The summed E-state index contributed by atoms with van der Waals surface area (Å²) in [5.74, 6) is -0.575. The minimum Gasteiger partial charge on any atom is -0.489 e. The predicted octanol–water partition coefficient (Wildman–Crippen LogP) is 3.56. The van der Waals surface area contributed by atoms with Gasteiger partial charge in [0.25, 0.3) is 0 Å². The topological polar surface area (TPSA) is 75.7 Å². The van der Waals surface area contributed by atoms with E-state index in [2.05, 4.69) is 4.72 Å². The molecule has 1 saturated heterocycles. The van der Waals surface area contributed by atoms with Crippen molar-refractivity contribution in [3.05, 3.63) is 53.8 Å². The lowest BCUT2D eigenvalue weighted by molar-refractivity contribution is -0.136. The number of benzene rings is 2. The second-order valence-corrected chi connectivity index (χ2v) is 11.0. The van der Waals surface area contributed by atoms with Gasteiger partial charge in [-0.3, -0.25) is 4.79 Å². The van der Waals surface area contributed by atoms with Crippen LogP contribution >= 0.6 is 0 Å². The van der Waals surface area contributed by atoms with Crippen LogP contribution in [-0.2, 0) is 21.2 Å². The van der Waals surface area contributed by atoms with E-state index in [-0.39, 0.29) is 37.5 Å². The third-order valence-corrected chi connectivity index (χ3v) is 8.73. The summed E-state index contributed by atoms with van der Waals surface area (Å²) < 4.78 is 62.5. The number of ether oxygens (including phenoxy) is 1. The van der Waals surface area contributed by atoms with Gasteiger partial charge in [0.1, 0.15) is 0 Å². The van der Waals surface area contributed by atoms with Crippen molar-refractivity contribution in [3.8, 4) is 16.9 Å². The number of rotatable bonds is 3. The summed E-state index contributed by atoms with van der Waals surface area (Å²) in [6, 6.07) is 11.2. The Morgan fingerprint density at radius 1 is 1.15 bits per heavy atom. The minimum absolute atomic E-state index is 0.000335. The summed E-state index contributed by atoms with van der Waals surface area (Å²) in [5.41, 5.74) is 2.24. The first-order valence-corrected chi connectivity index (χ1v) is 12.8. The minimum atomic E-state index is -4.14. The molecule has 2 fully saturated rings. The molecule has 0 aromatic heterocycles. The van der Waals surface area contributed by atoms with E-state index >= 15 is 0 Å². The fourth-order valence-electron chi connectivity index (χ4n) is 4.80. The smallest absolute Gasteiger partial charge is 0.247 e. The third-order valence-electron chi connectivity index (χ3n) is 6.74. The third kappa shape index (κ3) is 4.24. The van der Waals surface area contributed by atoms with Gasteiger partial charge in [0, 0.05) is 31.0 Å². The van der Waals surface area contributed by atoms with Crippen LogP contribution in [-0.4, -0.2) is 49.5 Å². The van der Waals surface area contributed by atoms with E-state index in [1.54, 1.807) is 17.0 Å². The van der Waals surface area contributed by atoms with Crippen LogP contribution in [0.1, 0.15) is 37.7 Å². The maximum absolute atomic E-state index is 14.5. The molecular formula is C24H26F2N2O4S. The van der Waals surface area contributed by atoms with Crippen LogP contribution in [0, 0.1) is 5.82 Å². The summed E-state index contributed by atoms with van der Waals surface area (Å²) >= 11 is 0. The zero-order chi connectivity index (χ0) is 23.2. The van der Waals surface area contributed by atoms with Gasteiger partial charge in [-0.15, -0.1) is 0 Å². The first-order chi connectivity index (χ1) is 15.8. The zero-order valence-electron chi connectivity index (χ0n) is 18.1. The normalized spacial score (nSPS) is 24.5. The molecule has 33 heavy (non-hydrogen) atoms. The molecule has 2 aromatic rings. The molecule has 2 aromatic carbocycles. The van der Waals surface area contributed by atoms with Crippen molar-refractivity contribution in [1.29, 1.82) is 0 Å². The lowest BCUT2D eigenvalue weighted by atomic mass is 9.90. The van der Waals surface area contributed by atoms with Gasteiger partial charge in [0.15, 0.2) is 11.6 Å². The number of hydrogen-bond acceptors (Lipinski definition) is 4. The maximum atomic E-state index is 14.5. The SMILES string of the molecule is O=C1CCOc2c(F)cccc2-c2cccc(c2)CC2C(NS(=O)(=O)C3(F)CC3)CCCN12. The van der Waals surface area contributed by atoms with E-state index < -0.39 is 32.9 Å². The van der Waals surface area contributed by atoms with Crippen LogP contribution in [0.3, 0.4) is 0 Å². The molecule has 0 spiro atoms. The fourth-order valence-corrected chi connectivity index (χ4v) is 6.33. The van der Waals surface area contributed by atoms with Gasteiger partial charge in [0.05, 0.1) is 19.1 Å². The van der Waals surface area contributed by atoms with Gasteiger partial charge < -0.3 is 9.64 Å². The summed E-state index contributed by atoms with van der Waals surface area (Å²) in [7, 11) is -4.14. The number of alkyl halides is 1. The molecule has 9 heteroatoms. The summed E-state index contributed by atoms with van der Waals surface area (Å²) in [6.07, 6.45) is 1.55. The van der Waals surface area contributed by atoms with Crippen molar-refractivity contribution in [2.75, 3.05) is 13.2 Å². The highest BCUT2D eigenvalue weighted by Gasteiger charge is 2.57. The molecule has 176 valence electrons. The molecule has 2 bridgehead atoms. The Labute approximate surface area is 192 Å². The highest BCUT2D eigenvalue weighted by Crippen LogP contribution is 2.45. The molecule has 3 aliphatic rings. The number of halogens is 2. The molecule has 2 atom stereocenters. The molecule has 2 unspecified atom stereocenters. The van der Waals surface area contributed by atoms with Gasteiger partial charge in [0.2, 0.25) is 20.9 Å². The van der Waals surface area contributed by atoms with E-state index in [4.69, 9.17) is 4.74 Å². The Kier molecular flexibility index (Phi) is 5.64. The van der Waals surface area contributed by atoms with Gasteiger partial charge in [-0.05, 0) is 36.5 Å². The Hall–Kier alpha value is -2.52. The lowest BCUT2D eigenvalue weighted by Gasteiger charge is -2.42. The standard InChI is InChI=1S/C24H26F2N2O4S/c25-19-7-2-6-18-17-5-1-4-16(14-17)15-21-20(27-33(30,31)24(26)10-11-24)8-3-12-28(21)22(29)9-13-32-23(18)19/h1-2,4-7,14,20-21,27H,3,8-13,15H2. The Balaban J connectivity index is 1.52. The molecule has 6 nitrogen and oxygen atoms in total. The lowest BCUT2D eigenvalue weighted by Crippen LogP contribution is -2.59. The molecular weight excluding hydrogens is 450 g/mol. The monoisotopic (exact) mass is 476 g/mol. The van der Waals surface area contributed by atoms with E-state index in [0.717, 1.165) is 11.1 Å². The first kappa shape index (κ1) is 22.3. The number of nitrogens with zero attached hydrogens (tertiary/aromatic N) is 1.